The summed E-state index contributed by atoms with van der Waals surface area (Å²) < 4.78 is 27.8. The van der Waals surface area contributed by atoms with Crippen molar-refractivity contribution < 1.29 is 8.78 Å². The Morgan fingerprint density at radius 2 is 1.76 bits per heavy atom. The van der Waals surface area contributed by atoms with Crippen LogP contribution in [0.5, 0.6) is 0 Å². The molecule has 1 aromatic carbocycles. The molecule has 3 heteroatoms. The second kappa shape index (κ2) is 5.58. The normalized spacial score (nSPS) is 11.9. The molecule has 0 heterocycles. The van der Waals surface area contributed by atoms with Gasteiger partial charge in [-0.1, -0.05) is 26.8 Å². The SMILES string of the molecule is CC(C)(C)c1ccc(F)c(CCCCN)c1F. The van der Waals surface area contributed by atoms with Crippen molar-refractivity contribution in [3.63, 3.8) is 0 Å². The van der Waals surface area contributed by atoms with Crippen LogP contribution in [0.4, 0.5) is 8.78 Å². The molecule has 17 heavy (non-hydrogen) atoms. The summed E-state index contributed by atoms with van der Waals surface area (Å²) in [7, 11) is 0. The fourth-order valence-electron chi connectivity index (χ4n) is 1.85. The zero-order chi connectivity index (χ0) is 13.1. The standard InChI is InChI=1S/C14H21F2N/c1-14(2,3)11-7-8-12(15)10(13(11)16)6-4-5-9-17/h7-8H,4-6,9,17H2,1-3H3. The Hall–Kier alpha value is -0.960. The molecule has 0 aliphatic carbocycles. The maximum Gasteiger partial charge on any atom is 0.133 e. The van der Waals surface area contributed by atoms with Gasteiger partial charge in [-0.15, -0.1) is 0 Å². The van der Waals surface area contributed by atoms with E-state index in [-0.39, 0.29) is 11.0 Å². The van der Waals surface area contributed by atoms with Gasteiger partial charge in [0.05, 0.1) is 0 Å². The molecular formula is C14H21F2N. The highest BCUT2D eigenvalue weighted by Gasteiger charge is 2.22. The van der Waals surface area contributed by atoms with E-state index in [9.17, 15) is 8.78 Å². The van der Waals surface area contributed by atoms with Crippen LogP contribution in [0.3, 0.4) is 0 Å². The Kier molecular flexibility index (Phi) is 4.63. The van der Waals surface area contributed by atoms with Gasteiger partial charge in [0.15, 0.2) is 0 Å². The van der Waals surface area contributed by atoms with Crippen molar-refractivity contribution in [2.24, 2.45) is 5.73 Å². The molecule has 0 spiro atoms. The summed E-state index contributed by atoms with van der Waals surface area (Å²) in [5, 5.41) is 0. The number of nitrogens with two attached hydrogens (primary N) is 1. The third kappa shape index (κ3) is 3.50. The number of rotatable bonds is 4. The molecule has 0 saturated heterocycles. The lowest BCUT2D eigenvalue weighted by Gasteiger charge is -2.21. The molecule has 0 aliphatic rings. The van der Waals surface area contributed by atoms with Crippen molar-refractivity contribution in [3.8, 4) is 0 Å². The van der Waals surface area contributed by atoms with E-state index in [1.807, 2.05) is 20.8 Å². The lowest BCUT2D eigenvalue weighted by Crippen LogP contribution is -2.16. The molecule has 0 fully saturated rings. The molecule has 1 nitrogen and oxygen atoms in total. The Bertz CT molecular complexity index is 381. The molecule has 2 N–H and O–H groups in total. The van der Waals surface area contributed by atoms with E-state index < -0.39 is 11.6 Å². The molecule has 0 amide bonds. The first-order valence-corrected chi connectivity index (χ1v) is 6.05. The van der Waals surface area contributed by atoms with Gasteiger partial charge in [-0.05, 0) is 42.9 Å². The summed E-state index contributed by atoms with van der Waals surface area (Å²) in [5.41, 5.74) is 5.85. The maximum atomic E-state index is 14.2. The highest BCUT2D eigenvalue weighted by Crippen LogP contribution is 2.28. The van der Waals surface area contributed by atoms with Crippen molar-refractivity contribution in [2.45, 2.75) is 45.4 Å². The van der Waals surface area contributed by atoms with Gasteiger partial charge in [0.1, 0.15) is 11.6 Å². The second-order valence-electron chi connectivity index (χ2n) is 5.38. The number of unbranched alkanes of at least 4 members (excludes halogenated alkanes) is 1. The van der Waals surface area contributed by atoms with Crippen molar-refractivity contribution in [1.82, 2.24) is 0 Å². The Morgan fingerprint density at radius 3 is 2.29 bits per heavy atom. The minimum atomic E-state index is -0.451. The fraction of sp³-hybridized carbons (Fsp3) is 0.571. The summed E-state index contributed by atoms with van der Waals surface area (Å²) in [5.74, 6) is -0.845. The van der Waals surface area contributed by atoms with Gasteiger partial charge >= 0.3 is 0 Å². The molecular weight excluding hydrogens is 220 g/mol. The van der Waals surface area contributed by atoms with Crippen LogP contribution in [0.1, 0.15) is 44.7 Å². The molecule has 0 unspecified atom stereocenters. The summed E-state index contributed by atoms with van der Waals surface area (Å²) in [6.07, 6.45) is 1.93. The number of benzene rings is 1. The first-order chi connectivity index (χ1) is 7.88. The van der Waals surface area contributed by atoms with E-state index in [0.717, 1.165) is 12.8 Å². The summed E-state index contributed by atoms with van der Waals surface area (Å²) in [4.78, 5) is 0. The van der Waals surface area contributed by atoms with E-state index in [1.165, 1.54) is 12.1 Å². The zero-order valence-corrected chi connectivity index (χ0v) is 10.8. The third-order valence-corrected chi connectivity index (χ3v) is 2.87. The molecule has 0 radical (unpaired) electrons. The molecule has 0 atom stereocenters. The topological polar surface area (TPSA) is 26.0 Å². The Labute approximate surface area is 102 Å². The third-order valence-electron chi connectivity index (χ3n) is 2.87. The van der Waals surface area contributed by atoms with Gasteiger partial charge in [0.2, 0.25) is 0 Å². The molecule has 0 bridgehead atoms. The highest BCUT2D eigenvalue weighted by molar-refractivity contribution is 5.32. The Balaban J connectivity index is 3.03. The second-order valence-corrected chi connectivity index (χ2v) is 5.38. The average Bonchev–Trinajstić information content (AvgIpc) is 2.21. The number of hydrogen-bond donors (Lipinski definition) is 1. The van der Waals surface area contributed by atoms with Crippen LogP contribution in [0.15, 0.2) is 12.1 Å². The summed E-state index contributed by atoms with van der Waals surface area (Å²) in [6.45, 7) is 6.33. The minimum absolute atomic E-state index is 0.200. The largest absolute Gasteiger partial charge is 0.330 e. The predicted octanol–water partition coefficient (Wildman–Crippen LogP) is 3.54. The quantitative estimate of drug-likeness (QED) is 0.802. The van der Waals surface area contributed by atoms with Crippen LogP contribution in [0.25, 0.3) is 0 Å². The van der Waals surface area contributed by atoms with Crippen LogP contribution >= 0.6 is 0 Å². The average molecular weight is 241 g/mol. The monoisotopic (exact) mass is 241 g/mol. The molecule has 0 aromatic heterocycles. The van der Waals surface area contributed by atoms with Gasteiger partial charge in [0, 0.05) is 5.56 Å². The van der Waals surface area contributed by atoms with Crippen LogP contribution < -0.4 is 5.73 Å². The first kappa shape index (κ1) is 14.1. The van der Waals surface area contributed by atoms with Crippen LogP contribution in [-0.4, -0.2) is 6.54 Å². The fourth-order valence-corrected chi connectivity index (χ4v) is 1.85. The van der Waals surface area contributed by atoms with Gasteiger partial charge < -0.3 is 5.73 Å². The number of hydrogen-bond acceptors (Lipinski definition) is 1. The van der Waals surface area contributed by atoms with E-state index >= 15 is 0 Å². The Morgan fingerprint density at radius 1 is 1.12 bits per heavy atom. The van der Waals surface area contributed by atoms with Crippen molar-refractivity contribution in [3.05, 3.63) is 34.9 Å². The van der Waals surface area contributed by atoms with Crippen LogP contribution in [0, 0.1) is 11.6 Å². The van der Waals surface area contributed by atoms with Gasteiger partial charge in [-0.25, -0.2) is 8.78 Å². The number of halogens is 2. The molecule has 1 aromatic rings. The lowest BCUT2D eigenvalue weighted by atomic mass is 9.85. The van der Waals surface area contributed by atoms with Gasteiger partial charge in [-0.3, -0.25) is 0 Å². The van der Waals surface area contributed by atoms with Gasteiger partial charge in [0.25, 0.3) is 0 Å². The van der Waals surface area contributed by atoms with Crippen molar-refractivity contribution in [2.75, 3.05) is 6.54 Å². The molecule has 1 rings (SSSR count). The van der Waals surface area contributed by atoms with E-state index in [4.69, 9.17) is 5.73 Å². The first-order valence-electron chi connectivity index (χ1n) is 6.05. The van der Waals surface area contributed by atoms with Crippen molar-refractivity contribution in [1.29, 1.82) is 0 Å². The van der Waals surface area contributed by atoms with E-state index in [1.54, 1.807) is 0 Å². The maximum absolute atomic E-state index is 14.2. The summed E-state index contributed by atoms with van der Waals surface area (Å²) >= 11 is 0. The van der Waals surface area contributed by atoms with Gasteiger partial charge in [-0.2, -0.15) is 0 Å². The van der Waals surface area contributed by atoms with Crippen LogP contribution in [0.2, 0.25) is 0 Å². The lowest BCUT2D eigenvalue weighted by molar-refractivity contribution is 0.493. The predicted molar refractivity (Wildman–Crippen MR) is 67.1 cm³/mol. The minimum Gasteiger partial charge on any atom is -0.330 e. The summed E-state index contributed by atoms with van der Waals surface area (Å²) in [6, 6.07) is 2.90. The highest BCUT2D eigenvalue weighted by atomic mass is 19.1. The van der Waals surface area contributed by atoms with Crippen molar-refractivity contribution >= 4 is 0 Å². The van der Waals surface area contributed by atoms with Crippen LogP contribution in [-0.2, 0) is 11.8 Å². The molecule has 0 saturated carbocycles. The zero-order valence-electron chi connectivity index (χ0n) is 10.8. The smallest absolute Gasteiger partial charge is 0.133 e. The van der Waals surface area contributed by atoms with E-state index in [0.29, 0.717) is 18.5 Å². The molecule has 0 aliphatic heterocycles. The molecule has 96 valence electrons. The van der Waals surface area contributed by atoms with E-state index in [2.05, 4.69) is 0 Å².